The number of anilines is 1. The summed E-state index contributed by atoms with van der Waals surface area (Å²) in [5, 5.41) is 8.52. The minimum atomic E-state index is -0.172. The van der Waals surface area contributed by atoms with Crippen LogP contribution >= 0.6 is 0 Å². The molecule has 0 amide bonds. The Kier molecular flexibility index (Phi) is 6.18. The third kappa shape index (κ3) is 4.69. The summed E-state index contributed by atoms with van der Waals surface area (Å²) in [5.74, 6) is 0.623. The van der Waals surface area contributed by atoms with Crippen molar-refractivity contribution in [2.24, 2.45) is 4.99 Å². The number of hydrogen-bond acceptors (Lipinski definition) is 7. The molecule has 0 spiro atoms. The molecule has 2 aliphatic rings. The van der Waals surface area contributed by atoms with Gasteiger partial charge in [0.25, 0.3) is 5.56 Å². The van der Waals surface area contributed by atoms with Crippen molar-refractivity contribution in [1.82, 2.24) is 14.9 Å². The van der Waals surface area contributed by atoms with Gasteiger partial charge >= 0.3 is 0 Å². The Morgan fingerprint density at radius 2 is 2.10 bits per heavy atom. The van der Waals surface area contributed by atoms with Gasteiger partial charge in [-0.25, -0.2) is 4.68 Å². The molecule has 1 saturated carbocycles. The molecule has 0 unspecified atom stereocenters. The van der Waals surface area contributed by atoms with Gasteiger partial charge in [-0.1, -0.05) is 16.8 Å². The van der Waals surface area contributed by atoms with Gasteiger partial charge in [-0.2, -0.15) is 5.10 Å². The molecule has 0 atom stereocenters. The molecule has 2 fully saturated rings. The van der Waals surface area contributed by atoms with Gasteiger partial charge in [0.15, 0.2) is 0 Å². The number of hydrogen-bond donors (Lipinski definition) is 0. The average Bonchev–Trinajstić information content (AvgIpc) is 3.02. The fraction of sp³-hybridized carbons (Fsp3) is 0.478. The van der Waals surface area contributed by atoms with Crippen LogP contribution < -0.4 is 10.5 Å². The first-order chi connectivity index (χ1) is 14.9. The van der Waals surface area contributed by atoms with E-state index in [4.69, 9.17) is 9.26 Å². The predicted octanol–water partition coefficient (Wildman–Crippen LogP) is 3.35. The fourth-order valence-corrected chi connectivity index (χ4v) is 3.61. The van der Waals surface area contributed by atoms with E-state index in [0.717, 1.165) is 29.9 Å². The molecule has 1 aliphatic heterocycles. The SMILES string of the molecule is C=N/C(=C\C=C(C)C)c1noc(C)c1Cn1ncc(N2CC(OC3CCC3)C2)cc1=O. The van der Waals surface area contributed by atoms with E-state index in [1.165, 1.54) is 23.9 Å². The van der Waals surface area contributed by atoms with Gasteiger partial charge in [-0.3, -0.25) is 9.79 Å². The minimum Gasteiger partial charge on any atom is -0.371 e. The Bertz CT molecular complexity index is 1070. The number of aromatic nitrogens is 3. The second-order valence-electron chi connectivity index (χ2n) is 8.45. The lowest BCUT2D eigenvalue weighted by molar-refractivity contribution is -0.0614. The van der Waals surface area contributed by atoms with Crippen LogP contribution in [-0.2, 0) is 11.3 Å². The highest BCUT2D eigenvalue weighted by Crippen LogP contribution is 2.28. The molecule has 1 saturated heterocycles. The highest BCUT2D eigenvalue weighted by Gasteiger charge is 2.32. The Morgan fingerprint density at radius 1 is 1.32 bits per heavy atom. The summed E-state index contributed by atoms with van der Waals surface area (Å²) in [6.07, 6.45) is 9.81. The maximum atomic E-state index is 12.7. The summed E-state index contributed by atoms with van der Waals surface area (Å²) in [5.41, 5.74) is 3.71. The van der Waals surface area contributed by atoms with Gasteiger partial charge < -0.3 is 14.2 Å². The van der Waals surface area contributed by atoms with E-state index in [1.807, 2.05) is 32.9 Å². The van der Waals surface area contributed by atoms with Gasteiger partial charge in [0.2, 0.25) is 0 Å². The topological polar surface area (TPSA) is 85.8 Å². The lowest BCUT2D eigenvalue weighted by Gasteiger charge is -2.43. The van der Waals surface area contributed by atoms with Gasteiger partial charge in [-0.15, -0.1) is 0 Å². The first-order valence-corrected chi connectivity index (χ1v) is 10.7. The molecule has 3 heterocycles. The lowest BCUT2D eigenvalue weighted by Crippen LogP contribution is -2.54. The first-order valence-electron chi connectivity index (χ1n) is 10.7. The van der Waals surface area contributed by atoms with Crippen molar-refractivity contribution < 1.29 is 9.26 Å². The first kappa shape index (κ1) is 21.2. The zero-order valence-corrected chi connectivity index (χ0v) is 18.4. The van der Waals surface area contributed by atoms with Crippen molar-refractivity contribution in [1.29, 1.82) is 0 Å². The molecule has 8 heteroatoms. The number of rotatable bonds is 8. The second kappa shape index (κ2) is 9.01. The monoisotopic (exact) mass is 423 g/mol. The van der Waals surface area contributed by atoms with E-state index in [0.29, 0.717) is 23.3 Å². The van der Waals surface area contributed by atoms with E-state index in [-0.39, 0.29) is 18.2 Å². The summed E-state index contributed by atoms with van der Waals surface area (Å²) >= 11 is 0. The Hall–Kier alpha value is -3.00. The van der Waals surface area contributed by atoms with Crippen LogP contribution in [0.4, 0.5) is 5.69 Å². The largest absolute Gasteiger partial charge is 0.371 e. The van der Waals surface area contributed by atoms with Crippen LogP contribution in [0.1, 0.15) is 50.1 Å². The van der Waals surface area contributed by atoms with Crippen LogP contribution in [0.3, 0.4) is 0 Å². The predicted molar refractivity (Wildman–Crippen MR) is 121 cm³/mol. The summed E-state index contributed by atoms with van der Waals surface area (Å²) in [4.78, 5) is 18.9. The van der Waals surface area contributed by atoms with Crippen LogP contribution in [0, 0.1) is 6.92 Å². The van der Waals surface area contributed by atoms with Crippen molar-refractivity contribution in [2.45, 2.75) is 58.8 Å². The fourth-order valence-electron chi connectivity index (χ4n) is 3.61. The molecular weight excluding hydrogens is 394 g/mol. The lowest BCUT2D eigenvalue weighted by atomic mass is 9.95. The second-order valence-corrected chi connectivity index (χ2v) is 8.45. The molecular formula is C23H29N5O3. The molecule has 0 radical (unpaired) electrons. The molecule has 4 rings (SSSR count). The Labute approximate surface area is 181 Å². The van der Waals surface area contributed by atoms with Crippen molar-refractivity contribution >= 4 is 18.1 Å². The van der Waals surface area contributed by atoms with E-state index < -0.39 is 0 Å². The molecule has 0 N–H and O–H groups in total. The third-order valence-corrected chi connectivity index (χ3v) is 5.79. The molecule has 0 bridgehead atoms. The average molecular weight is 424 g/mol. The summed E-state index contributed by atoms with van der Waals surface area (Å²) in [6.45, 7) is 11.3. The van der Waals surface area contributed by atoms with Gasteiger partial charge in [0.05, 0.1) is 36.3 Å². The quantitative estimate of drug-likeness (QED) is 0.478. The number of allylic oxidation sites excluding steroid dienone is 3. The van der Waals surface area contributed by atoms with Crippen molar-refractivity contribution in [3.05, 3.63) is 57.4 Å². The molecule has 164 valence electrons. The third-order valence-electron chi connectivity index (χ3n) is 5.79. The van der Waals surface area contributed by atoms with Gasteiger partial charge in [-0.05, 0) is 52.8 Å². The summed E-state index contributed by atoms with van der Waals surface area (Å²) in [7, 11) is 0. The molecule has 8 nitrogen and oxygen atoms in total. The number of ether oxygens (including phenoxy) is 1. The number of aryl methyl sites for hydroxylation is 1. The van der Waals surface area contributed by atoms with Crippen molar-refractivity contribution in [2.75, 3.05) is 18.0 Å². The van der Waals surface area contributed by atoms with E-state index >= 15 is 0 Å². The zero-order valence-electron chi connectivity index (χ0n) is 18.4. The molecule has 2 aromatic rings. The van der Waals surface area contributed by atoms with Crippen molar-refractivity contribution in [3.8, 4) is 0 Å². The molecule has 0 aromatic carbocycles. The highest BCUT2D eigenvalue weighted by molar-refractivity contribution is 5.69. The normalized spacial score (nSPS) is 17.3. The zero-order chi connectivity index (χ0) is 22.0. The summed E-state index contributed by atoms with van der Waals surface area (Å²) < 4.78 is 12.8. The van der Waals surface area contributed by atoms with Crippen LogP contribution in [0.2, 0.25) is 0 Å². The smallest absolute Gasteiger partial charge is 0.269 e. The number of nitrogens with zero attached hydrogens (tertiary/aromatic N) is 5. The van der Waals surface area contributed by atoms with Gasteiger partial charge in [0, 0.05) is 24.7 Å². The Balaban J connectivity index is 1.47. The van der Waals surface area contributed by atoms with Crippen LogP contribution in [0.25, 0.3) is 5.70 Å². The standard InChI is InChI=1S/C23H29N5O3/c1-15(2)8-9-21(24-4)23-20(16(3)31-26-23)14-28-22(29)10-17(11-25-28)27-12-19(13-27)30-18-6-5-7-18/h8-11,18-19H,4-7,12-14H2,1-3H3/b21-9-. The maximum absolute atomic E-state index is 12.7. The van der Waals surface area contributed by atoms with Crippen LogP contribution in [0.15, 0.2) is 44.3 Å². The van der Waals surface area contributed by atoms with Crippen molar-refractivity contribution in [3.63, 3.8) is 0 Å². The Morgan fingerprint density at radius 3 is 2.71 bits per heavy atom. The van der Waals surface area contributed by atoms with E-state index in [2.05, 4.69) is 26.9 Å². The van der Waals surface area contributed by atoms with Gasteiger partial charge in [0.1, 0.15) is 11.5 Å². The molecule has 1 aliphatic carbocycles. The highest BCUT2D eigenvalue weighted by atomic mass is 16.5. The minimum absolute atomic E-state index is 0.172. The van der Waals surface area contributed by atoms with Crippen LogP contribution in [-0.4, -0.2) is 47.0 Å². The maximum Gasteiger partial charge on any atom is 0.269 e. The van der Waals surface area contributed by atoms with E-state index in [1.54, 1.807) is 12.3 Å². The molecule has 2 aromatic heterocycles. The summed E-state index contributed by atoms with van der Waals surface area (Å²) in [6, 6.07) is 1.63. The number of aliphatic imine (C=N–C) groups is 1. The van der Waals surface area contributed by atoms with Crippen LogP contribution in [0.5, 0.6) is 0 Å². The van der Waals surface area contributed by atoms with E-state index in [9.17, 15) is 4.79 Å². The molecule has 31 heavy (non-hydrogen) atoms.